The fourth-order valence-corrected chi connectivity index (χ4v) is 2.26. The molecule has 0 spiro atoms. The minimum Gasteiger partial charge on any atom is -0.431 e. The van der Waals surface area contributed by atoms with Crippen LogP contribution in [0.5, 0.6) is 11.6 Å². The van der Waals surface area contributed by atoms with E-state index in [1.54, 1.807) is 6.07 Å². The highest BCUT2D eigenvalue weighted by molar-refractivity contribution is 5.87. The van der Waals surface area contributed by atoms with Crippen LogP contribution < -0.4 is 4.74 Å². The molecule has 0 atom stereocenters. The largest absolute Gasteiger partial charge is 0.431 e. The number of fused-ring (bicyclic) bond motifs is 1. The van der Waals surface area contributed by atoms with Gasteiger partial charge in [-0.05, 0) is 30.7 Å². The zero-order chi connectivity index (χ0) is 16.4. The number of nitro groups is 1. The lowest BCUT2D eigenvalue weighted by Gasteiger charge is -2.09. The van der Waals surface area contributed by atoms with E-state index in [0.29, 0.717) is 17.2 Å². The first-order valence-electron chi connectivity index (χ1n) is 6.72. The number of aldehydes is 1. The Morgan fingerprint density at radius 1 is 1.22 bits per heavy atom. The molecule has 3 rings (SSSR count). The Morgan fingerprint density at radius 2 is 2.04 bits per heavy atom. The van der Waals surface area contributed by atoms with Crippen molar-refractivity contribution in [2.75, 3.05) is 0 Å². The molecule has 0 aliphatic carbocycles. The standard InChI is InChI=1S/C16H11N3O4/c1-10-3-2-4-12-15(10)16(18-9-17-12)23-14-6-5-11(8-20)7-13(14)19(21)22/h2-9H,1H3. The molecule has 1 aromatic heterocycles. The maximum atomic E-state index is 11.2. The van der Waals surface area contributed by atoms with E-state index in [1.807, 2.05) is 19.1 Å². The Morgan fingerprint density at radius 3 is 2.78 bits per heavy atom. The van der Waals surface area contributed by atoms with Gasteiger partial charge in [0.25, 0.3) is 0 Å². The molecular formula is C16H11N3O4. The number of aryl methyl sites for hydroxylation is 1. The summed E-state index contributed by atoms with van der Waals surface area (Å²) in [5, 5.41) is 11.9. The Labute approximate surface area is 130 Å². The number of nitrogens with zero attached hydrogens (tertiary/aromatic N) is 3. The lowest BCUT2D eigenvalue weighted by molar-refractivity contribution is -0.385. The van der Waals surface area contributed by atoms with Crippen LogP contribution in [-0.2, 0) is 0 Å². The number of rotatable bonds is 4. The number of hydrogen-bond donors (Lipinski definition) is 0. The average molecular weight is 309 g/mol. The fourth-order valence-electron chi connectivity index (χ4n) is 2.26. The second kappa shape index (κ2) is 5.80. The molecule has 1 heterocycles. The number of benzene rings is 2. The molecule has 0 fully saturated rings. The topological polar surface area (TPSA) is 95.2 Å². The molecule has 0 saturated heterocycles. The maximum absolute atomic E-state index is 11.2. The second-order valence-corrected chi connectivity index (χ2v) is 4.85. The van der Waals surface area contributed by atoms with Crippen LogP contribution >= 0.6 is 0 Å². The van der Waals surface area contributed by atoms with Crippen LogP contribution in [0.4, 0.5) is 5.69 Å². The Balaban J connectivity index is 2.13. The third kappa shape index (κ3) is 2.71. The van der Waals surface area contributed by atoms with Gasteiger partial charge < -0.3 is 4.74 Å². The van der Waals surface area contributed by atoms with Gasteiger partial charge in [-0.25, -0.2) is 9.97 Å². The summed E-state index contributed by atoms with van der Waals surface area (Å²) >= 11 is 0. The Kier molecular flexibility index (Phi) is 3.68. The number of ether oxygens (including phenoxy) is 1. The van der Waals surface area contributed by atoms with Crippen molar-refractivity contribution < 1.29 is 14.5 Å². The fraction of sp³-hybridized carbons (Fsp3) is 0.0625. The monoisotopic (exact) mass is 309 g/mol. The number of hydrogen-bond acceptors (Lipinski definition) is 6. The van der Waals surface area contributed by atoms with Gasteiger partial charge in [0.15, 0.2) is 0 Å². The van der Waals surface area contributed by atoms with Gasteiger partial charge in [0.2, 0.25) is 11.6 Å². The smallest absolute Gasteiger partial charge is 0.312 e. The van der Waals surface area contributed by atoms with Gasteiger partial charge in [-0.1, -0.05) is 12.1 Å². The molecule has 0 unspecified atom stereocenters. The predicted octanol–water partition coefficient (Wildman–Crippen LogP) is 3.45. The van der Waals surface area contributed by atoms with Crippen molar-refractivity contribution in [3.05, 3.63) is 64.0 Å². The quantitative estimate of drug-likeness (QED) is 0.416. The van der Waals surface area contributed by atoms with E-state index in [9.17, 15) is 14.9 Å². The summed E-state index contributed by atoms with van der Waals surface area (Å²) in [6.07, 6.45) is 1.88. The minimum atomic E-state index is -0.599. The van der Waals surface area contributed by atoms with Gasteiger partial charge in [0, 0.05) is 11.6 Å². The molecule has 114 valence electrons. The van der Waals surface area contributed by atoms with Crippen LogP contribution in [0.1, 0.15) is 15.9 Å². The molecule has 0 aliphatic rings. The van der Waals surface area contributed by atoms with Crippen molar-refractivity contribution in [3.8, 4) is 11.6 Å². The van der Waals surface area contributed by atoms with Crippen molar-refractivity contribution >= 4 is 22.9 Å². The van der Waals surface area contributed by atoms with E-state index in [-0.39, 0.29) is 22.9 Å². The summed E-state index contributed by atoms with van der Waals surface area (Å²) < 4.78 is 5.66. The summed E-state index contributed by atoms with van der Waals surface area (Å²) in [6, 6.07) is 9.54. The predicted molar refractivity (Wildman–Crippen MR) is 82.8 cm³/mol. The van der Waals surface area contributed by atoms with Gasteiger partial charge in [-0.15, -0.1) is 0 Å². The van der Waals surface area contributed by atoms with Crippen molar-refractivity contribution in [3.63, 3.8) is 0 Å². The molecule has 0 bridgehead atoms. The van der Waals surface area contributed by atoms with Crippen LogP contribution in [0.25, 0.3) is 10.9 Å². The number of nitro benzene ring substituents is 1. The van der Waals surface area contributed by atoms with Crippen LogP contribution in [0.3, 0.4) is 0 Å². The SMILES string of the molecule is Cc1cccc2ncnc(Oc3ccc(C=O)cc3[N+](=O)[O-])c12. The second-order valence-electron chi connectivity index (χ2n) is 4.85. The van der Waals surface area contributed by atoms with Gasteiger partial charge in [0.05, 0.1) is 15.8 Å². The number of carbonyl (C=O) groups excluding carboxylic acids is 1. The van der Waals surface area contributed by atoms with Crippen LogP contribution in [0.15, 0.2) is 42.7 Å². The third-order valence-corrected chi connectivity index (χ3v) is 3.36. The summed E-state index contributed by atoms with van der Waals surface area (Å²) in [7, 11) is 0. The zero-order valence-corrected chi connectivity index (χ0v) is 12.1. The first kappa shape index (κ1) is 14.6. The molecule has 0 saturated carbocycles. The average Bonchev–Trinajstić information content (AvgIpc) is 2.55. The Hall–Kier alpha value is -3.35. The van der Waals surface area contributed by atoms with E-state index in [1.165, 1.54) is 24.5 Å². The van der Waals surface area contributed by atoms with Crippen LogP contribution in [0, 0.1) is 17.0 Å². The molecule has 3 aromatic rings. The van der Waals surface area contributed by atoms with Crippen molar-refractivity contribution in [1.82, 2.24) is 9.97 Å². The molecule has 7 heteroatoms. The number of aromatic nitrogens is 2. The number of carbonyl (C=O) groups is 1. The first-order chi connectivity index (χ1) is 11.1. The lowest BCUT2D eigenvalue weighted by atomic mass is 10.1. The summed E-state index contributed by atoms with van der Waals surface area (Å²) in [5.74, 6) is 0.249. The highest BCUT2D eigenvalue weighted by atomic mass is 16.6. The molecule has 7 nitrogen and oxygen atoms in total. The molecule has 0 amide bonds. The first-order valence-corrected chi connectivity index (χ1v) is 6.72. The van der Waals surface area contributed by atoms with E-state index in [0.717, 1.165) is 5.56 Å². The summed E-state index contributed by atoms with van der Waals surface area (Å²) in [4.78, 5) is 29.6. The lowest BCUT2D eigenvalue weighted by Crippen LogP contribution is -1.98. The van der Waals surface area contributed by atoms with Crippen molar-refractivity contribution in [2.45, 2.75) is 6.92 Å². The van der Waals surface area contributed by atoms with Gasteiger partial charge in [-0.2, -0.15) is 0 Å². The molecular weight excluding hydrogens is 298 g/mol. The summed E-state index contributed by atoms with van der Waals surface area (Å²) in [5.41, 5.74) is 1.48. The van der Waals surface area contributed by atoms with Crippen molar-refractivity contribution in [2.24, 2.45) is 0 Å². The van der Waals surface area contributed by atoms with E-state index in [4.69, 9.17) is 4.74 Å². The van der Waals surface area contributed by atoms with E-state index < -0.39 is 4.92 Å². The zero-order valence-electron chi connectivity index (χ0n) is 12.1. The molecule has 2 aromatic carbocycles. The third-order valence-electron chi connectivity index (χ3n) is 3.36. The highest BCUT2D eigenvalue weighted by Crippen LogP contribution is 2.34. The highest BCUT2D eigenvalue weighted by Gasteiger charge is 2.18. The normalized spacial score (nSPS) is 10.5. The van der Waals surface area contributed by atoms with Crippen LogP contribution in [-0.4, -0.2) is 21.2 Å². The van der Waals surface area contributed by atoms with Gasteiger partial charge in [-0.3, -0.25) is 14.9 Å². The minimum absolute atomic E-state index is 0.0175. The molecule has 0 N–H and O–H groups in total. The van der Waals surface area contributed by atoms with E-state index in [2.05, 4.69) is 9.97 Å². The maximum Gasteiger partial charge on any atom is 0.312 e. The Bertz CT molecular complexity index is 919. The molecule has 23 heavy (non-hydrogen) atoms. The molecule has 0 aliphatic heterocycles. The van der Waals surface area contributed by atoms with Crippen LogP contribution in [0.2, 0.25) is 0 Å². The van der Waals surface area contributed by atoms with Crippen molar-refractivity contribution in [1.29, 1.82) is 0 Å². The van der Waals surface area contributed by atoms with Gasteiger partial charge in [0.1, 0.15) is 12.6 Å². The van der Waals surface area contributed by atoms with Gasteiger partial charge >= 0.3 is 5.69 Å². The summed E-state index contributed by atoms with van der Waals surface area (Å²) in [6.45, 7) is 1.88. The molecule has 0 radical (unpaired) electrons. The van der Waals surface area contributed by atoms with E-state index >= 15 is 0 Å².